The molecule has 6 fully saturated rings. The number of methoxy groups -OCH3 is 4. The summed E-state index contributed by atoms with van der Waals surface area (Å²) in [5, 5.41) is 36.6. The van der Waals surface area contributed by atoms with Gasteiger partial charge >= 0.3 is 0 Å². The molecule has 188 valence electrons. The first kappa shape index (κ1) is 23.1. The van der Waals surface area contributed by atoms with Crippen LogP contribution in [0.15, 0.2) is 0 Å². The number of nitrogens with zero attached hydrogens (tertiary/aromatic N) is 1. The Morgan fingerprint density at radius 2 is 1.79 bits per heavy atom. The quantitative estimate of drug-likeness (QED) is 0.512. The molecule has 8 nitrogen and oxygen atoms in total. The Bertz CT molecular complexity index is 814. The number of rotatable bonds is 6. The van der Waals surface area contributed by atoms with Crippen molar-refractivity contribution in [1.82, 2.24) is 4.90 Å². The molecule has 0 aromatic carbocycles. The molecule has 13 atom stereocenters. The second-order valence-electron chi connectivity index (χ2n) is 11.8. The number of fused-ring (bicyclic) bond motifs is 2. The van der Waals surface area contributed by atoms with Gasteiger partial charge in [0.1, 0.15) is 11.2 Å². The molecule has 0 amide bonds. The smallest absolute Gasteiger partial charge is 0.136 e. The van der Waals surface area contributed by atoms with Crippen molar-refractivity contribution in [2.75, 3.05) is 48.1 Å². The van der Waals surface area contributed by atoms with Gasteiger partial charge in [0, 0.05) is 70.0 Å². The van der Waals surface area contributed by atoms with Crippen LogP contribution in [0, 0.1) is 34.5 Å². The summed E-state index contributed by atoms with van der Waals surface area (Å²) in [6.07, 6.45) is 1.81. The van der Waals surface area contributed by atoms with Gasteiger partial charge in [0.15, 0.2) is 0 Å². The van der Waals surface area contributed by atoms with E-state index >= 15 is 0 Å². The van der Waals surface area contributed by atoms with E-state index in [0.29, 0.717) is 13.0 Å². The van der Waals surface area contributed by atoms with Crippen LogP contribution in [-0.4, -0.2) is 110 Å². The first-order chi connectivity index (χ1) is 15.8. The summed E-state index contributed by atoms with van der Waals surface area (Å²) in [7, 11) is 6.85. The van der Waals surface area contributed by atoms with Gasteiger partial charge in [-0.1, -0.05) is 6.92 Å². The lowest BCUT2D eigenvalue weighted by Gasteiger charge is -2.70. The van der Waals surface area contributed by atoms with Crippen LogP contribution in [0.1, 0.15) is 32.6 Å². The molecule has 1 spiro atoms. The molecule has 1 saturated heterocycles. The Labute approximate surface area is 196 Å². The summed E-state index contributed by atoms with van der Waals surface area (Å²) in [4.78, 5) is 2.33. The highest BCUT2D eigenvalue weighted by molar-refractivity contribution is 5.41. The molecule has 1 unspecified atom stereocenters. The molecule has 1 heterocycles. The van der Waals surface area contributed by atoms with E-state index in [1.165, 1.54) is 0 Å². The van der Waals surface area contributed by atoms with Gasteiger partial charge in [-0.2, -0.15) is 0 Å². The number of aliphatic hydroxyl groups is 3. The van der Waals surface area contributed by atoms with Crippen LogP contribution >= 0.6 is 0 Å². The van der Waals surface area contributed by atoms with E-state index in [1.807, 2.05) is 0 Å². The molecule has 33 heavy (non-hydrogen) atoms. The molecule has 0 aromatic rings. The Morgan fingerprint density at radius 1 is 1.03 bits per heavy atom. The number of aliphatic hydroxyl groups excluding tert-OH is 1. The Morgan fingerprint density at radius 3 is 2.36 bits per heavy atom. The van der Waals surface area contributed by atoms with Crippen molar-refractivity contribution in [1.29, 1.82) is 0 Å². The highest BCUT2D eigenvalue weighted by atomic mass is 16.5. The third kappa shape index (κ3) is 2.16. The SMILES string of the molecule is CCN1C[C@]2(CO)CC[C@H](OC)[C@]34[C@@H]5C[C@@H]6[C@H](OC)[C@@H]5[C@@](O)(C[C@@H]6OC)[C@](O)(C(OC)[C@H]23)[C@@H]14. The van der Waals surface area contributed by atoms with Gasteiger partial charge in [0.25, 0.3) is 0 Å². The Kier molecular flexibility index (Phi) is 4.99. The summed E-state index contributed by atoms with van der Waals surface area (Å²) in [5.41, 5.74) is -3.78. The average Bonchev–Trinajstić information content (AvgIpc) is 3.24. The van der Waals surface area contributed by atoms with Crippen molar-refractivity contribution in [3.63, 3.8) is 0 Å². The predicted octanol–water partition coefficient (Wildman–Crippen LogP) is 0.271. The maximum atomic E-state index is 13.0. The van der Waals surface area contributed by atoms with E-state index in [2.05, 4.69) is 11.8 Å². The zero-order valence-electron chi connectivity index (χ0n) is 20.6. The number of hydrogen-bond donors (Lipinski definition) is 3. The molecule has 7 bridgehead atoms. The Balaban J connectivity index is 1.68. The molecule has 5 aliphatic carbocycles. The van der Waals surface area contributed by atoms with Crippen molar-refractivity contribution in [3.8, 4) is 0 Å². The maximum Gasteiger partial charge on any atom is 0.136 e. The normalized spacial score (nSPS) is 60.9. The molecule has 6 rings (SSSR count). The zero-order valence-corrected chi connectivity index (χ0v) is 20.6. The van der Waals surface area contributed by atoms with Crippen molar-refractivity contribution >= 4 is 0 Å². The van der Waals surface area contributed by atoms with Gasteiger partial charge in [-0.05, 0) is 31.7 Å². The van der Waals surface area contributed by atoms with Crippen LogP contribution in [0.5, 0.6) is 0 Å². The van der Waals surface area contributed by atoms with E-state index < -0.39 is 28.1 Å². The van der Waals surface area contributed by atoms with Crippen LogP contribution in [0.2, 0.25) is 0 Å². The van der Waals surface area contributed by atoms with E-state index in [-0.39, 0.29) is 54.6 Å². The van der Waals surface area contributed by atoms with Crippen molar-refractivity contribution < 1.29 is 34.3 Å². The maximum absolute atomic E-state index is 13.0. The summed E-state index contributed by atoms with van der Waals surface area (Å²) in [6, 6.07) is -0.312. The summed E-state index contributed by atoms with van der Waals surface area (Å²) in [6.45, 7) is 3.59. The first-order valence-electron chi connectivity index (χ1n) is 12.7. The first-order valence-corrected chi connectivity index (χ1v) is 12.7. The minimum atomic E-state index is -1.52. The van der Waals surface area contributed by atoms with Crippen LogP contribution in [0.4, 0.5) is 0 Å². The van der Waals surface area contributed by atoms with Gasteiger partial charge in [0.2, 0.25) is 0 Å². The number of likely N-dealkylation sites (N-methyl/N-ethyl adjacent to an activating group) is 1. The van der Waals surface area contributed by atoms with Crippen LogP contribution < -0.4 is 0 Å². The van der Waals surface area contributed by atoms with E-state index in [0.717, 1.165) is 25.8 Å². The molecule has 0 radical (unpaired) electrons. The van der Waals surface area contributed by atoms with Crippen LogP contribution in [0.3, 0.4) is 0 Å². The van der Waals surface area contributed by atoms with Crippen LogP contribution in [0.25, 0.3) is 0 Å². The van der Waals surface area contributed by atoms with Gasteiger partial charge in [-0.25, -0.2) is 0 Å². The number of ether oxygens (including phenoxy) is 4. The Hall–Kier alpha value is -0.320. The molecule has 8 heteroatoms. The number of likely N-dealkylation sites (tertiary alicyclic amines) is 1. The number of hydrogen-bond acceptors (Lipinski definition) is 8. The molecular formula is C25H41NO7. The summed E-state index contributed by atoms with van der Waals surface area (Å²) >= 11 is 0. The highest BCUT2D eigenvalue weighted by Gasteiger charge is 2.91. The minimum absolute atomic E-state index is 0.0443. The second kappa shape index (κ2) is 7.13. The van der Waals surface area contributed by atoms with E-state index in [9.17, 15) is 15.3 Å². The van der Waals surface area contributed by atoms with Crippen molar-refractivity contribution in [2.45, 2.75) is 74.3 Å². The third-order valence-corrected chi connectivity index (χ3v) is 11.6. The van der Waals surface area contributed by atoms with Gasteiger partial charge in [-0.3, -0.25) is 4.90 Å². The molecule has 6 aliphatic rings. The molecule has 3 N–H and O–H groups in total. The molecule has 1 aliphatic heterocycles. The van der Waals surface area contributed by atoms with Gasteiger partial charge in [0.05, 0.1) is 37.1 Å². The average molecular weight is 468 g/mol. The predicted molar refractivity (Wildman–Crippen MR) is 119 cm³/mol. The topological polar surface area (TPSA) is 101 Å². The molecule has 5 saturated carbocycles. The van der Waals surface area contributed by atoms with Crippen molar-refractivity contribution in [3.05, 3.63) is 0 Å². The molecule has 0 aromatic heterocycles. The van der Waals surface area contributed by atoms with Crippen molar-refractivity contribution in [2.24, 2.45) is 34.5 Å². The fraction of sp³-hybridized carbons (Fsp3) is 1.00. The van der Waals surface area contributed by atoms with Gasteiger partial charge in [-0.15, -0.1) is 0 Å². The van der Waals surface area contributed by atoms with E-state index in [4.69, 9.17) is 18.9 Å². The standard InChI is InChI=1S/C25H41NO7/c1-6-26-11-22(12-27)8-7-16(31-3)24-14-9-13-15(30-2)10-23(28,17(14)18(13)32-4)25(29,21(24)26)20(33-5)19(22)24/h13-21,27-29H,6-12H2,1-5H3/t13-,14+,15-,16-,17+,18-,19+,20?,21-,22-,23-,24+,25-/m0/s1. The zero-order chi connectivity index (χ0) is 23.6. The summed E-state index contributed by atoms with van der Waals surface area (Å²) in [5.74, 6) is -0.0916. The summed E-state index contributed by atoms with van der Waals surface area (Å²) < 4.78 is 24.5. The lowest BCUT2D eigenvalue weighted by molar-refractivity contribution is -0.320. The number of piperidine rings is 1. The fourth-order valence-corrected chi connectivity index (χ4v) is 11.0. The van der Waals surface area contributed by atoms with E-state index in [1.54, 1.807) is 28.4 Å². The van der Waals surface area contributed by atoms with Crippen LogP contribution in [-0.2, 0) is 18.9 Å². The largest absolute Gasteiger partial charge is 0.396 e. The monoisotopic (exact) mass is 467 g/mol. The second-order valence-corrected chi connectivity index (χ2v) is 11.8. The van der Waals surface area contributed by atoms with Gasteiger partial charge < -0.3 is 34.3 Å². The highest BCUT2D eigenvalue weighted by Crippen LogP contribution is 2.80. The lowest BCUT2D eigenvalue weighted by Crippen LogP contribution is -2.82. The molecular weight excluding hydrogens is 426 g/mol. The minimum Gasteiger partial charge on any atom is -0.396 e. The fourth-order valence-electron chi connectivity index (χ4n) is 11.0. The third-order valence-electron chi connectivity index (χ3n) is 11.6. The lowest BCUT2D eigenvalue weighted by atomic mass is 9.42.